The fourth-order valence-electron chi connectivity index (χ4n) is 3.15. The smallest absolute Gasteiger partial charge is 0.336 e. The minimum absolute atomic E-state index is 0.288. The van der Waals surface area contributed by atoms with E-state index in [4.69, 9.17) is 16.0 Å². The molecule has 1 aliphatic heterocycles. The Balaban J connectivity index is 2.00. The van der Waals surface area contributed by atoms with Crippen LogP contribution in [0.25, 0.3) is 11.0 Å². The zero-order chi connectivity index (χ0) is 15.0. The lowest BCUT2D eigenvalue weighted by atomic mass is 9.99. The molecule has 3 rings (SSSR count). The largest absolute Gasteiger partial charge is 0.423 e. The molecule has 0 bridgehead atoms. The molecule has 0 N–H and O–H groups in total. The van der Waals surface area contributed by atoms with E-state index in [9.17, 15) is 4.79 Å². The molecule has 1 atom stereocenters. The van der Waals surface area contributed by atoms with Gasteiger partial charge in [0.1, 0.15) is 5.58 Å². The van der Waals surface area contributed by atoms with Gasteiger partial charge in [0.25, 0.3) is 0 Å². The Morgan fingerprint density at radius 2 is 2.19 bits per heavy atom. The van der Waals surface area contributed by atoms with Gasteiger partial charge in [-0.25, -0.2) is 4.79 Å². The molecule has 112 valence electrons. The number of piperidine rings is 1. The first-order valence-electron chi connectivity index (χ1n) is 7.48. The summed E-state index contributed by atoms with van der Waals surface area (Å²) in [6.45, 7) is 7.16. The van der Waals surface area contributed by atoms with Crippen LogP contribution in [0.15, 0.2) is 27.4 Å². The number of hydrogen-bond acceptors (Lipinski definition) is 3. The summed E-state index contributed by atoms with van der Waals surface area (Å²) in [6.07, 6.45) is 2.51. The van der Waals surface area contributed by atoms with Crippen LogP contribution < -0.4 is 5.63 Å². The van der Waals surface area contributed by atoms with E-state index < -0.39 is 0 Å². The molecule has 0 unspecified atom stereocenters. The van der Waals surface area contributed by atoms with Crippen molar-refractivity contribution in [2.75, 3.05) is 13.1 Å². The Bertz CT molecular complexity index is 723. The molecular weight excluding hydrogens is 286 g/mol. The minimum Gasteiger partial charge on any atom is -0.423 e. The van der Waals surface area contributed by atoms with Gasteiger partial charge >= 0.3 is 5.63 Å². The highest BCUT2D eigenvalue weighted by molar-refractivity contribution is 6.32. The molecule has 0 amide bonds. The lowest BCUT2D eigenvalue weighted by Gasteiger charge is -2.31. The van der Waals surface area contributed by atoms with Gasteiger partial charge in [-0.1, -0.05) is 18.5 Å². The normalized spacial score (nSPS) is 20.0. The summed E-state index contributed by atoms with van der Waals surface area (Å²) in [5.74, 6) is 0.718. The van der Waals surface area contributed by atoms with Crippen molar-refractivity contribution < 1.29 is 4.42 Å². The predicted octanol–water partition coefficient (Wildman–Crippen LogP) is 3.99. The second-order valence-corrected chi connectivity index (χ2v) is 6.58. The monoisotopic (exact) mass is 305 g/mol. The molecule has 2 heterocycles. The second kappa shape index (κ2) is 5.82. The molecule has 0 aliphatic carbocycles. The van der Waals surface area contributed by atoms with E-state index in [0.29, 0.717) is 10.6 Å². The maximum atomic E-state index is 11.8. The summed E-state index contributed by atoms with van der Waals surface area (Å²) in [6, 6.07) is 5.37. The van der Waals surface area contributed by atoms with Gasteiger partial charge in [-0.05, 0) is 55.5 Å². The quantitative estimate of drug-likeness (QED) is 0.787. The van der Waals surface area contributed by atoms with Crippen LogP contribution in [-0.4, -0.2) is 18.0 Å². The molecule has 1 saturated heterocycles. The molecule has 0 spiro atoms. The van der Waals surface area contributed by atoms with E-state index >= 15 is 0 Å². The molecule has 4 heteroatoms. The Morgan fingerprint density at radius 1 is 1.38 bits per heavy atom. The average Bonchev–Trinajstić information content (AvgIpc) is 2.41. The van der Waals surface area contributed by atoms with Crippen LogP contribution in [0.4, 0.5) is 0 Å². The fraction of sp³-hybridized carbons (Fsp3) is 0.471. The third-order valence-electron chi connectivity index (χ3n) is 4.24. The molecule has 0 radical (unpaired) electrons. The Hall–Kier alpha value is -1.32. The standard InChI is InChI=1S/C17H20ClNO2/c1-11-4-3-5-19(9-11)10-13-7-17(20)21-16-6-12(2)15(18)8-14(13)16/h6-8,11H,3-5,9-10H2,1-2H3/t11-/m0/s1. The van der Waals surface area contributed by atoms with Gasteiger partial charge < -0.3 is 4.42 Å². The zero-order valence-electron chi connectivity index (χ0n) is 12.5. The van der Waals surface area contributed by atoms with E-state index in [1.807, 2.05) is 19.1 Å². The van der Waals surface area contributed by atoms with Crippen LogP contribution in [0.1, 0.15) is 30.9 Å². The highest BCUT2D eigenvalue weighted by atomic mass is 35.5. The number of halogens is 1. The lowest BCUT2D eigenvalue weighted by molar-refractivity contribution is 0.177. The maximum Gasteiger partial charge on any atom is 0.336 e. The maximum absolute atomic E-state index is 11.8. The van der Waals surface area contributed by atoms with Crippen molar-refractivity contribution >= 4 is 22.6 Å². The van der Waals surface area contributed by atoms with Crippen molar-refractivity contribution in [3.05, 3.63) is 44.8 Å². The summed E-state index contributed by atoms with van der Waals surface area (Å²) >= 11 is 6.23. The highest BCUT2D eigenvalue weighted by Crippen LogP contribution is 2.27. The molecule has 0 saturated carbocycles. The van der Waals surface area contributed by atoms with Gasteiger partial charge in [0.15, 0.2) is 0 Å². The molecule has 2 aromatic rings. The van der Waals surface area contributed by atoms with E-state index in [0.717, 1.165) is 42.1 Å². The summed E-state index contributed by atoms with van der Waals surface area (Å²) in [4.78, 5) is 14.2. The van der Waals surface area contributed by atoms with Crippen LogP contribution >= 0.6 is 11.6 Å². The molecule has 1 aliphatic rings. The topological polar surface area (TPSA) is 33.5 Å². The van der Waals surface area contributed by atoms with Crippen LogP contribution in [0, 0.1) is 12.8 Å². The first-order chi connectivity index (χ1) is 10.0. The number of hydrogen-bond donors (Lipinski definition) is 0. The van der Waals surface area contributed by atoms with Crippen molar-refractivity contribution in [1.82, 2.24) is 4.90 Å². The summed E-state index contributed by atoms with van der Waals surface area (Å²) in [5.41, 5.74) is 2.28. The molecule has 3 nitrogen and oxygen atoms in total. The molecule has 1 aromatic carbocycles. The van der Waals surface area contributed by atoms with Crippen LogP contribution in [0.2, 0.25) is 5.02 Å². The summed E-state index contributed by atoms with van der Waals surface area (Å²) in [5, 5.41) is 1.66. The first kappa shape index (κ1) is 14.6. The van der Waals surface area contributed by atoms with Gasteiger partial charge in [-0.2, -0.15) is 0 Å². The summed E-state index contributed by atoms with van der Waals surface area (Å²) < 4.78 is 5.32. The number of benzene rings is 1. The van der Waals surface area contributed by atoms with Gasteiger partial charge in [-0.15, -0.1) is 0 Å². The Kier molecular flexibility index (Phi) is 4.05. The third-order valence-corrected chi connectivity index (χ3v) is 4.65. The van der Waals surface area contributed by atoms with E-state index in [2.05, 4.69) is 11.8 Å². The third kappa shape index (κ3) is 3.14. The van der Waals surface area contributed by atoms with Crippen LogP contribution in [0.3, 0.4) is 0 Å². The second-order valence-electron chi connectivity index (χ2n) is 6.17. The van der Waals surface area contributed by atoms with Crippen LogP contribution in [-0.2, 0) is 6.54 Å². The van der Waals surface area contributed by atoms with Gasteiger partial charge in [0.2, 0.25) is 0 Å². The van der Waals surface area contributed by atoms with Crippen molar-refractivity contribution in [3.63, 3.8) is 0 Å². The van der Waals surface area contributed by atoms with Gasteiger partial charge in [0, 0.05) is 29.6 Å². The van der Waals surface area contributed by atoms with Crippen LogP contribution in [0.5, 0.6) is 0 Å². The van der Waals surface area contributed by atoms with Crippen molar-refractivity contribution in [2.24, 2.45) is 5.92 Å². The predicted molar refractivity (Wildman–Crippen MR) is 85.9 cm³/mol. The van der Waals surface area contributed by atoms with Crippen molar-refractivity contribution in [3.8, 4) is 0 Å². The minimum atomic E-state index is -0.288. The molecule has 1 fully saturated rings. The number of aryl methyl sites for hydroxylation is 1. The van der Waals surface area contributed by atoms with Gasteiger partial charge in [-0.3, -0.25) is 4.90 Å². The van der Waals surface area contributed by atoms with Gasteiger partial charge in [0.05, 0.1) is 0 Å². The fourth-order valence-corrected chi connectivity index (χ4v) is 3.31. The Labute approximate surface area is 129 Å². The number of rotatable bonds is 2. The van der Waals surface area contributed by atoms with Crippen molar-refractivity contribution in [2.45, 2.75) is 33.2 Å². The number of fused-ring (bicyclic) bond motifs is 1. The van der Waals surface area contributed by atoms with E-state index in [1.165, 1.54) is 12.8 Å². The Morgan fingerprint density at radius 3 is 2.95 bits per heavy atom. The van der Waals surface area contributed by atoms with E-state index in [1.54, 1.807) is 6.07 Å². The van der Waals surface area contributed by atoms with E-state index in [-0.39, 0.29) is 5.63 Å². The molecule has 1 aromatic heterocycles. The first-order valence-corrected chi connectivity index (χ1v) is 7.86. The zero-order valence-corrected chi connectivity index (χ0v) is 13.2. The molecular formula is C17H20ClNO2. The average molecular weight is 306 g/mol. The number of likely N-dealkylation sites (tertiary alicyclic amines) is 1. The highest BCUT2D eigenvalue weighted by Gasteiger charge is 2.18. The molecule has 21 heavy (non-hydrogen) atoms. The summed E-state index contributed by atoms with van der Waals surface area (Å²) in [7, 11) is 0. The van der Waals surface area contributed by atoms with Crippen molar-refractivity contribution in [1.29, 1.82) is 0 Å². The SMILES string of the molecule is Cc1cc2oc(=O)cc(CN3CCC[C@H](C)C3)c2cc1Cl. The number of nitrogens with zero attached hydrogens (tertiary/aromatic N) is 1. The lowest BCUT2D eigenvalue weighted by Crippen LogP contribution is -2.34.